The molecule has 2 aliphatic rings. The molecule has 0 N–H and O–H groups in total. The molecule has 4 heteroatoms. The van der Waals surface area contributed by atoms with E-state index in [-0.39, 0.29) is 5.28 Å². The Morgan fingerprint density at radius 2 is 0.900 bits per heavy atom. The Bertz CT molecular complexity index is 1830. The monoisotopic (exact) mass is 535 g/mol. The molecule has 0 atom stereocenters. The van der Waals surface area contributed by atoms with E-state index in [0.717, 1.165) is 11.1 Å². The number of rotatable bonds is 2. The summed E-state index contributed by atoms with van der Waals surface area (Å²) < 4.78 is 0. The zero-order chi connectivity index (χ0) is 27.3. The first-order valence-corrected chi connectivity index (χ1v) is 14.0. The molecule has 3 nitrogen and oxygen atoms in total. The number of nitrogens with zero attached hydrogens (tertiary/aromatic N) is 3. The van der Waals surface area contributed by atoms with Crippen molar-refractivity contribution < 1.29 is 0 Å². The zero-order valence-corrected chi connectivity index (χ0v) is 23.0. The molecule has 1 heterocycles. The Kier molecular flexibility index (Phi) is 5.83. The van der Waals surface area contributed by atoms with E-state index in [0.29, 0.717) is 11.6 Å². The zero-order valence-electron chi connectivity index (χ0n) is 22.3. The lowest BCUT2D eigenvalue weighted by Gasteiger charge is -2.30. The van der Waals surface area contributed by atoms with Crippen LogP contribution in [0.1, 0.15) is 36.1 Å². The molecule has 1 spiro atoms. The lowest BCUT2D eigenvalue weighted by molar-refractivity contribution is 0.794. The summed E-state index contributed by atoms with van der Waals surface area (Å²) in [5.74, 6) is 1.13. The van der Waals surface area contributed by atoms with Crippen molar-refractivity contribution in [3.8, 4) is 45.0 Å². The number of hydrogen-bond donors (Lipinski definition) is 0. The average Bonchev–Trinajstić information content (AvgIpc) is 3.49. The maximum atomic E-state index is 6.43. The molecule has 8 rings (SSSR count). The summed E-state index contributed by atoms with van der Waals surface area (Å²) in [6.45, 7) is 4.00. The summed E-state index contributed by atoms with van der Waals surface area (Å²) in [6.07, 6.45) is 0. The van der Waals surface area contributed by atoms with E-state index in [1.54, 1.807) is 0 Å². The maximum absolute atomic E-state index is 6.43. The van der Waals surface area contributed by atoms with Crippen LogP contribution in [0.3, 0.4) is 0 Å². The predicted octanol–water partition coefficient (Wildman–Crippen LogP) is 9.23. The molecule has 1 aromatic heterocycles. The number of aromatic nitrogens is 3. The van der Waals surface area contributed by atoms with Gasteiger partial charge in [0.2, 0.25) is 5.28 Å². The minimum absolute atomic E-state index is 0.184. The second-order valence-electron chi connectivity index (χ2n) is 9.76. The van der Waals surface area contributed by atoms with Crippen LogP contribution >= 0.6 is 11.6 Å². The molecule has 0 aliphatic heterocycles. The molecular formula is C36H26ClN3. The third-order valence-electron chi connectivity index (χ3n) is 7.90. The first kappa shape index (κ1) is 24.4. The van der Waals surface area contributed by atoms with Gasteiger partial charge in [-0.1, -0.05) is 129 Å². The number of halogens is 1. The van der Waals surface area contributed by atoms with Crippen LogP contribution in [-0.4, -0.2) is 15.0 Å². The van der Waals surface area contributed by atoms with Gasteiger partial charge in [-0.15, -0.1) is 0 Å². The third kappa shape index (κ3) is 3.41. The molecule has 0 unspecified atom stereocenters. The van der Waals surface area contributed by atoms with Gasteiger partial charge in [-0.3, -0.25) is 0 Å². The average molecular weight is 536 g/mol. The van der Waals surface area contributed by atoms with Crippen LogP contribution in [0.2, 0.25) is 5.28 Å². The Morgan fingerprint density at radius 3 is 1.45 bits per heavy atom. The highest BCUT2D eigenvalue weighted by molar-refractivity contribution is 6.28. The minimum Gasteiger partial charge on any atom is -0.208 e. The Morgan fingerprint density at radius 1 is 0.450 bits per heavy atom. The van der Waals surface area contributed by atoms with Crippen molar-refractivity contribution in [3.05, 3.63) is 149 Å². The third-order valence-corrected chi connectivity index (χ3v) is 8.06. The topological polar surface area (TPSA) is 38.7 Å². The van der Waals surface area contributed by atoms with Crippen molar-refractivity contribution in [2.75, 3.05) is 0 Å². The van der Waals surface area contributed by atoms with Gasteiger partial charge in [0.25, 0.3) is 0 Å². The molecule has 0 radical (unpaired) electrons. The molecule has 2 aliphatic carbocycles. The van der Waals surface area contributed by atoms with Crippen LogP contribution in [0.4, 0.5) is 0 Å². The molecule has 0 fully saturated rings. The quantitative estimate of drug-likeness (QED) is 0.221. The van der Waals surface area contributed by atoms with E-state index in [4.69, 9.17) is 16.6 Å². The van der Waals surface area contributed by atoms with Gasteiger partial charge in [0.05, 0.1) is 5.41 Å². The summed E-state index contributed by atoms with van der Waals surface area (Å²) in [5.41, 5.74) is 11.6. The Balaban J connectivity index is 0.00000130. The number of fused-ring (bicyclic) bond motifs is 10. The van der Waals surface area contributed by atoms with Crippen LogP contribution < -0.4 is 0 Å². The first-order valence-electron chi connectivity index (χ1n) is 13.7. The van der Waals surface area contributed by atoms with E-state index in [1.165, 1.54) is 44.5 Å². The molecular weight excluding hydrogens is 510 g/mol. The molecule has 0 amide bonds. The van der Waals surface area contributed by atoms with Gasteiger partial charge in [-0.05, 0) is 62.2 Å². The van der Waals surface area contributed by atoms with E-state index in [1.807, 2.05) is 44.2 Å². The largest absolute Gasteiger partial charge is 0.226 e. The van der Waals surface area contributed by atoms with Crippen molar-refractivity contribution >= 4 is 11.6 Å². The van der Waals surface area contributed by atoms with Crippen molar-refractivity contribution in [2.24, 2.45) is 0 Å². The number of hydrogen-bond acceptors (Lipinski definition) is 3. The lowest BCUT2D eigenvalue weighted by atomic mass is 9.70. The van der Waals surface area contributed by atoms with Gasteiger partial charge in [0.1, 0.15) is 0 Å². The van der Waals surface area contributed by atoms with E-state index in [9.17, 15) is 0 Å². The summed E-state index contributed by atoms with van der Waals surface area (Å²) >= 11 is 6.43. The van der Waals surface area contributed by atoms with Crippen molar-refractivity contribution in [2.45, 2.75) is 19.3 Å². The first-order chi connectivity index (χ1) is 19.7. The highest BCUT2D eigenvalue weighted by atomic mass is 35.5. The normalized spacial score (nSPS) is 13.1. The molecule has 0 bridgehead atoms. The lowest BCUT2D eigenvalue weighted by Crippen LogP contribution is -2.25. The van der Waals surface area contributed by atoms with Crippen LogP contribution in [0, 0.1) is 0 Å². The highest BCUT2D eigenvalue weighted by Crippen LogP contribution is 2.62. The van der Waals surface area contributed by atoms with Crippen LogP contribution in [0.5, 0.6) is 0 Å². The summed E-state index contributed by atoms with van der Waals surface area (Å²) in [4.78, 5) is 13.8. The summed E-state index contributed by atoms with van der Waals surface area (Å²) in [6, 6.07) is 42.8. The smallest absolute Gasteiger partial charge is 0.208 e. The Hall–Kier alpha value is -4.60. The van der Waals surface area contributed by atoms with Crippen LogP contribution in [0.15, 0.2) is 121 Å². The minimum atomic E-state index is -0.409. The van der Waals surface area contributed by atoms with Crippen LogP contribution in [0.25, 0.3) is 45.0 Å². The van der Waals surface area contributed by atoms with Gasteiger partial charge in [-0.2, -0.15) is 9.97 Å². The van der Waals surface area contributed by atoms with E-state index in [2.05, 4.69) is 101 Å². The van der Waals surface area contributed by atoms with Gasteiger partial charge in [0, 0.05) is 11.1 Å². The maximum Gasteiger partial charge on any atom is 0.226 e. The summed E-state index contributed by atoms with van der Waals surface area (Å²) in [7, 11) is 0. The van der Waals surface area contributed by atoms with E-state index >= 15 is 0 Å². The molecule has 0 saturated heterocycles. The fourth-order valence-electron chi connectivity index (χ4n) is 6.43. The van der Waals surface area contributed by atoms with Crippen molar-refractivity contribution in [1.82, 2.24) is 15.0 Å². The molecule has 192 valence electrons. The predicted molar refractivity (Wildman–Crippen MR) is 163 cm³/mol. The fraction of sp³-hybridized carbons (Fsp3) is 0.0833. The molecule has 0 saturated carbocycles. The fourth-order valence-corrected chi connectivity index (χ4v) is 6.59. The van der Waals surface area contributed by atoms with Gasteiger partial charge in [-0.25, -0.2) is 4.98 Å². The number of benzene rings is 5. The van der Waals surface area contributed by atoms with Crippen molar-refractivity contribution in [1.29, 1.82) is 0 Å². The molecule has 40 heavy (non-hydrogen) atoms. The van der Waals surface area contributed by atoms with Crippen LogP contribution in [-0.2, 0) is 5.41 Å². The van der Waals surface area contributed by atoms with E-state index < -0.39 is 5.41 Å². The van der Waals surface area contributed by atoms with Gasteiger partial charge in [0.15, 0.2) is 11.6 Å². The summed E-state index contributed by atoms with van der Waals surface area (Å²) in [5, 5.41) is 0.184. The van der Waals surface area contributed by atoms with Gasteiger partial charge >= 0.3 is 0 Å². The molecule has 6 aromatic rings. The van der Waals surface area contributed by atoms with Crippen molar-refractivity contribution in [3.63, 3.8) is 0 Å². The SMILES string of the molecule is CC.Clc1nc(-c2ccccc2)nc(-c2ccc3c(c2)C2(c4ccccc4-c4ccccc42)c2ccccc2-3)n1. The standard InChI is InChI=1S/C34H20ClN3.C2H6/c35-33-37-31(21-10-2-1-3-11-21)36-32(38-33)22-18-19-26-25-14-6-9-17-29(25)34(30(26)20-22)27-15-7-4-12-23(27)24-13-5-8-16-28(24)34;1-2/h1-20H;1-2H3. The highest BCUT2D eigenvalue weighted by Gasteiger charge is 2.51. The second-order valence-corrected chi connectivity index (χ2v) is 10.1. The Labute approximate surface area is 239 Å². The molecule has 5 aromatic carbocycles. The van der Waals surface area contributed by atoms with Gasteiger partial charge < -0.3 is 0 Å². The second kappa shape index (κ2) is 9.55.